The molecule has 0 heterocycles. The second kappa shape index (κ2) is 8.43. The van der Waals surface area contributed by atoms with Crippen molar-refractivity contribution >= 4 is 12.4 Å². The number of methoxy groups -OCH3 is 1. The van der Waals surface area contributed by atoms with Crippen LogP contribution in [0.25, 0.3) is 0 Å². The molecule has 0 fully saturated rings. The van der Waals surface area contributed by atoms with Crippen LogP contribution in [-0.2, 0) is 9.53 Å². The summed E-state index contributed by atoms with van der Waals surface area (Å²) in [7, 11) is 2.25. The maximum atomic E-state index is 10.9. The third-order valence-electron chi connectivity index (χ3n) is 1.75. The van der Waals surface area contributed by atoms with Gasteiger partial charge in [-0.1, -0.05) is 30.3 Å². The Bertz CT molecular complexity index is 313. The van der Waals surface area contributed by atoms with Crippen LogP contribution in [0.4, 0.5) is 4.79 Å². The second-order valence-corrected chi connectivity index (χ2v) is 2.66. The first-order valence-corrected chi connectivity index (χ1v) is 4.57. The van der Waals surface area contributed by atoms with Gasteiger partial charge in [-0.05, 0) is 5.56 Å². The molecule has 0 aliphatic heterocycles. The molecule has 0 saturated heterocycles. The van der Waals surface area contributed by atoms with Crippen molar-refractivity contribution in [2.24, 2.45) is 0 Å². The minimum atomic E-state index is -0.649. The SMILES string of the molecule is CO.COC(=O)N[C@H](C=O)c1ccccc1. The number of aliphatic hydroxyl groups is 1. The van der Waals surface area contributed by atoms with E-state index in [1.807, 2.05) is 6.07 Å². The zero-order valence-corrected chi connectivity index (χ0v) is 9.21. The lowest BCUT2D eigenvalue weighted by molar-refractivity contribution is -0.109. The van der Waals surface area contributed by atoms with Gasteiger partial charge in [-0.2, -0.15) is 0 Å². The van der Waals surface area contributed by atoms with E-state index in [-0.39, 0.29) is 0 Å². The molecule has 0 spiro atoms. The van der Waals surface area contributed by atoms with Gasteiger partial charge >= 0.3 is 6.09 Å². The van der Waals surface area contributed by atoms with E-state index in [0.29, 0.717) is 6.29 Å². The maximum absolute atomic E-state index is 10.9. The first kappa shape index (κ1) is 14.1. The van der Waals surface area contributed by atoms with E-state index in [2.05, 4.69) is 10.1 Å². The standard InChI is InChI=1S/C10H11NO3.CH4O/c1-14-10(13)11-9(7-12)8-5-3-2-4-6-8;1-2/h2-7,9H,1H3,(H,11,13);2H,1H3/t9-;/m1./s1. The van der Waals surface area contributed by atoms with Crippen molar-refractivity contribution in [2.75, 3.05) is 14.2 Å². The van der Waals surface area contributed by atoms with Gasteiger partial charge in [0, 0.05) is 7.11 Å². The number of nitrogens with one attached hydrogen (secondary N) is 1. The molecule has 5 nitrogen and oxygen atoms in total. The molecule has 0 bridgehead atoms. The summed E-state index contributed by atoms with van der Waals surface area (Å²) >= 11 is 0. The Morgan fingerprint density at radius 1 is 1.38 bits per heavy atom. The highest BCUT2D eigenvalue weighted by Crippen LogP contribution is 2.09. The van der Waals surface area contributed by atoms with Gasteiger partial charge in [0.25, 0.3) is 0 Å². The van der Waals surface area contributed by atoms with E-state index < -0.39 is 12.1 Å². The summed E-state index contributed by atoms with van der Waals surface area (Å²) < 4.78 is 4.40. The van der Waals surface area contributed by atoms with E-state index in [0.717, 1.165) is 12.7 Å². The zero-order valence-electron chi connectivity index (χ0n) is 9.21. The van der Waals surface area contributed by atoms with Crippen LogP contribution in [0.3, 0.4) is 0 Å². The molecule has 0 aliphatic rings. The number of hydrogen-bond donors (Lipinski definition) is 2. The number of ether oxygens (including phenoxy) is 1. The fourth-order valence-corrected chi connectivity index (χ4v) is 1.04. The van der Waals surface area contributed by atoms with Crippen LogP contribution < -0.4 is 5.32 Å². The van der Waals surface area contributed by atoms with Crippen molar-refractivity contribution in [3.8, 4) is 0 Å². The van der Waals surface area contributed by atoms with Crippen molar-refractivity contribution in [2.45, 2.75) is 6.04 Å². The predicted octanol–water partition coefficient (Wildman–Crippen LogP) is 0.891. The van der Waals surface area contributed by atoms with E-state index in [1.54, 1.807) is 24.3 Å². The summed E-state index contributed by atoms with van der Waals surface area (Å²) in [5.74, 6) is 0. The highest BCUT2D eigenvalue weighted by Gasteiger charge is 2.12. The normalized spacial score (nSPS) is 10.4. The van der Waals surface area contributed by atoms with Gasteiger partial charge in [-0.15, -0.1) is 0 Å². The van der Waals surface area contributed by atoms with Crippen molar-refractivity contribution in [1.29, 1.82) is 0 Å². The molecule has 0 radical (unpaired) electrons. The van der Waals surface area contributed by atoms with Crippen LogP contribution in [0, 0.1) is 0 Å². The van der Waals surface area contributed by atoms with E-state index in [1.165, 1.54) is 7.11 Å². The van der Waals surface area contributed by atoms with Crippen molar-refractivity contribution in [1.82, 2.24) is 5.32 Å². The number of rotatable bonds is 3. The molecule has 0 unspecified atom stereocenters. The molecule has 1 rings (SSSR count). The summed E-state index contributed by atoms with van der Waals surface area (Å²) in [4.78, 5) is 21.5. The average Bonchev–Trinajstić information content (AvgIpc) is 2.39. The summed E-state index contributed by atoms with van der Waals surface area (Å²) in [6, 6.07) is 8.30. The topological polar surface area (TPSA) is 75.6 Å². The Labute approximate surface area is 94.0 Å². The summed E-state index contributed by atoms with van der Waals surface area (Å²) in [6.07, 6.45) is 0.0395. The number of aldehydes is 1. The molecule has 1 aromatic rings. The summed E-state index contributed by atoms with van der Waals surface area (Å²) in [5, 5.41) is 9.40. The van der Waals surface area contributed by atoms with Gasteiger partial charge in [0.05, 0.1) is 7.11 Å². The largest absolute Gasteiger partial charge is 0.453 e. The monoisotopic (exact) mass is 225 g/mol. The molecule has 16 heavy (non-hydrogen) atoms. The molecule has 0 aromatic heterocycles. The Balaban J connectivity index is 0.00000106. The Kier molecular flexibility index (Phi) is 7.44. The molecule has 0 aliphatic carbocycles. The van der Waals surface area contributed by atoms with Gasteiger partial charge in [0.2, 0.25) is 0 Å². The molecular weight excluding hydrogens is 210 g/mol. The molecule has 1 atom stereocenters. The van der Waals surface area contributed by atoms with Crippen LogP contribution in [-0.4, -0.2) is 31.7 Å². The lowest BCUT2D eigenvalue weighted by Crippen LogP contribution is -2.29. The van der Waals surface area contributed by atoms with E-state index in [4.69, 9.17) is 5.11 Å². The number of benzene rings is 1. The summed E-state index contributed by atoms with van der Waals surface area (Å²) in [5.41, 5.74) is 0.730. The van der Waals surface area contributed by atoms with Gasteiger partial charge in [0.15, 0.2) is 0 Å². The Hall–Kier alpha value is -1.88. The molecule has 88 valence electrons. The Morgan fingerprint density at radius 2 is 1.94 bits per heavy atom. The van der Waals surface area contributed by atoms with Crippen molar-refractivity contribution < 1.29 is 19.4 Å². The van der Waals surface area contributed by atoms with Crippen LogP contribution >= 0.6 is 0 Å². The molecule has 2 N–H and O–H groups in total. The molecule has 0 saturated carbocycles. The van der Waals surface area contributed by atoms with Crippen LogP contribution in [0.1, 0.15) is 11.6 Å². The number of carbonyl (C=O) groups excluding carboxylic acids is 2. The second-order valence-electron chi connectivity index (χ2n) is 2.66. The number of amides is 1. The quantitative estimate of drug-likeness (QED) is 0.749. The number of alkyl carbamates (subject to hydrolysis) is 1. The fraction of sp³-hybridized carbons (Fsp3) is 0.273. The summed E-state index contributed by atoms with van der Waals surface area (Å²) in [6.45, 7) is 0. The van der Waals surface area contributed by atoms with Gasteiger partial charge in [0.1, 0.15) is 12.3 Å². The molecule has 5 heteroatoms. The average molecular weight is 225 g/mol. The van der Waals surface area contributed by atoms with E-state index in [9.17, 15) is 9.59 Å². The van der Waals surface area contributed by atoms with Crippen molar-refractivity contribution in [3.63, 3.8) is 0 Å². The first-order chi connectivity index (χ1) is 7.77. The maximum Gasteiger partial charge on any atom is 0.407 e. The van der Waals surface area contributed by atoms with Crippen LogP contribution in [0.15, 0.2) is 30.3 Å². The first-order valence-electron chi connectivity index (χ1n) is 4.57. The smallest absolute Gasteiger partial charge is 0.407 e. The number of hydrogen-bond acceptors (Lipinski definition) is 4. The fourth-order valence-electron chi connectivity index (χ4n) is 1.04. The van der Waals surface area contributed by atoms with Crippen LogP contribution in [0.5, 0.6) is 0 Å². The minimum Gasteiger partial charge on any atom is -0.453 e. The van der Waals surface area contributed by atoms with Crippen molar-refractivity contribution in [3.05, 3.63) is 35.9 Å². The number of carbonyl (C=O) groups is 2. The molecular formula is C11H15NO4. The number of aliphatic hydroxyl groups excluding tert-OH is 1. The highest BCUT2D eigenvalue weighted by atomic mass is 16.5. The molecule has 1 aromatic carbocycles. The van der Waals surface area contributed by atoms with E-state index >= 15 is 0 Å². The molecule has 1 amide bonds. The lowest BCUT2D eigenvalue weighted by atomic mass is 10.1. The third-order valence-corrected chi connectivity index (χ3v) is 1.75. The van der Waals surface area contributed by atoms with Gasteiger partial charge in [-0.3, -0.25) is 0 Å². The van der Waals surface area contributed by atoms with Gasteiger partial charge in [-0.25, -0.2) is 4.79 Å². The lowest BCUT2D eigenvalue weighted by Gasteiger charge is -2.11. The van der Waals surface area contributed by atoms with Gasteiger partial charge < -0.3 is 20.0 Å². The highest BCUT2D eigenvalue weighted by molar-refractivity contribution is 5.74. The third kappa shape index (κ3) is 4.56. The minimum absolute atomic E-state index is 0.619. The predicted molar refractivity (Wildman–Crippen MR) is 58.9 cm³/mol. The zero-order chi connectivity index (χ0) is 12.4. The Morgan fingerprint density at radius 3 is 2.38 bits per heavy atom. The van der Waals surface area contributed by atoms with Crippen LogP contribution in [0.2, 0.25) is 0 Å².